The lowest BCUT2D eigenvalue weighted by atomic mass is 10.2. The van der Waals surface area contributed by atoms with Crippen molar-refractivity contribution in [3.63, 3.8) is 0 Å². The summed E-state index contributed by atoms with van der Waals surface area (Å²) < 4.78 is 15.4. The first kappa shape index (κ1) is 21.8. The Labute approximate surface area is 180 Å². The topological polar surface area (TPSA) is 115 Å². The van der Waals surface area contributed by atoms with E-state index in [4.69, 9.17) is 0 Å². The van der Waals surface area contributed by atoms with Crippen molar-refractivity contribution in [2.45, 2.75) is 24.9 Å². The molecule has 2 aromatic heterocycles. The van der Waals surface area contributed by atoms with Crippen molar-refractivity contribution in [2.24, 2.45) is 7.05 Å². The molecule has 0 radical (unpaired) electrons. The number of aryl methyl sites for hydroxylation is 1. The number of thioether (sulfide) groups is 1. The Hall–Kier alpha value is -2.86. The van der Waals surface area contributed by atoms with Crippen LogP contribution < -0.4 is 10.6 Å². The van der Waals surface area contributed by atoms with Crippen molar-refractivity contribution in [3.05, 3.63) is 46.5 Å². The summed E-state index contributed by atoms with van der Waals surface area (Å²) in [5.41, 5.74) is -0.000731. The summed E-state index contributed by atoms with van der Waals surface area (Å²) in [7, 11) is 1.78. The van der Waals surface area contributed by atoms with Crippen LogP contribution in [0, 0.1) is 5.82 Å². The SMILES string of the molecule is CCc1nnc(NC(=O)CSc2nnc(CCNC(=O)c3ccccc3F)n2C)s1. The molecule has 1 aromatic carbocycles. The van der Waals surface area contributed by atoms with E-state index in [2.05, 4.69) is 31.0 Å². The molecule has 0 atom stereocenters. The summed E-state index contributed by atoms with van der Waals surface area (Å²) in [6.45, 7) is 2.25. The van der Waals surface area contributed by atoms with Crippen LogP contribution in [0.15, 0.2) is 29.4 Å². The van der Waals surface area contributed by atoms with Crippen molar-refractivity contribution in [1.29, 1.82) is 0 Å². The first-order valence-corrected chi connectivity index (χ1v) is 10.9. The van der Waals surface area contributed by atoms with E-state index in [-0.39, 0.29) is 23.8 Å². The van der Waals surface area contributed by atoms with Crippen LogP contribution >= 0.6 is 23.1 Å². The third kappa shape index (κ3) is 5.60. The molecule has 2 N–H and O–H groups in total. The molecule has 0 aliphatic heterocycles. The van der Waals surface area contributed by atoms with Gasteiger partial charge >= 0.3 is 0 Å². The highest BCUT2D eigenvalue weighted by molar-refractivity contribution is 7.99. The number of hydrogen-bond acceptors (Lipinski definition) is 8. The monoisotopic (exact) mass is 449 g/mol. The number of hydrogen-bond donors (Lipinski definition) is 2. The molecule has 0 spiro atoms. The highest BCUT2D eigenvalue weighted by atomic mass is 32.2. The van der Waals surface area contributed by atoms with Gasteiger partial charge in [0.25, 0.3) is 5.91 Å². The molecule has 9 nitrogen and oxygen atoms in total. The number of nitrogens with one attached hydrogen (secondary N) is 2. The quantitative estimate of drug-likeness (QED) is 0.481. The van der Waals surface area contributed by atoms with Crippen molar-refractivity contribution in [1.82, 2.24) is 30.3 Å². The lowest BCUT2D eigenvalue weighted by molar-refractivity contribution is -0.113. The number of carbonyl (C=O) groups excluding carboxylic acids is 2. The van der Waals surface area contributed by atoms with E-state index >= 15 is 0 Å². The number of rotatable bonds is 9. The van der Waals surface area contributed by atoms with Gasteiger partial charge in [0, 0.05) is 20.0 Å². The molecule has 0 aliphatic carbocycles. The standard InChI is InChI=1S/C18H20FN7O2S2/c1-3-15-23-24-17(30-15)21-14(27)10-29-18-25-22-13(26(18)2)8-9-20-16(28)11-6-4-5-7-12(11)19/h4-7H,3,8-10H2,1-2H3,(H,20,28)(H,21,24,27). The molecule has 12 heteroatoms. The molecule has 0 unspecified atom stereocenters. The average molecular weight is 450 g/mol. The molecule has 2 heterocycles. The van der Waals surface area contributed by atoms with Crippen LogP contribution in [0.2, 0.25) is 0 Å². The van der Waals surface area contributed by atoms with Crippen LogP contribution in [0.4, 0.5) is 9.52 Å². The predicted molar refractivity (Wildman–Crippen MR) is 112 cm³/mol. The van der Waals surface area contributed by atoms with Crippen molar-refractivity contribution in [2.75, 3.05) is 17.6 Å². The Balaban J connectivity index is 1.46. The predicted octanol–water partition coefficient (Wildman–Crippen LogP) is 2.07. The van der Waals surface area contributed by atoms with Crippen LogP contribution in [0.5, 0.6) is 0 Å². The molecule has 3 aromatic rings. The van der Waals surface area contributed by atoms with E-state index in [1.54, 1.807) is 17.7 Å². The Morgan fingerprint density at radius 2 is 2.00 bits per heavy atom. The van der Waals surface area contributed by atoms with Gasteiger partial charge in [0.15, 0.2) is 5.16 Å². The highest BCUT2D eigenvalue weighted by Crippen LogP contribution is 2.18. The summed E-state index contributed by atoms with van der Waals surface area (Å²) in [6, 6.07) is 5.80. The fraction of sp³-hybridized carbons (Fsp3) is 0.333. The number of benzene rings is 1. The molecule has 0 saturated carbocycles. The molecular formula is C18H20FN7O2S2. The van der Waals surface area contributed by atoms with Gasteiger partial charge in [-0.2, -0.15) is 0 Å². The number of amides is 2. The van der Waals surface area contributed by atoms with Crippen LogP contribution in [-0.4, -0.2) is 49.1 Å². The minimum Gasteiger partial charge on any atom is -0.351 e. The third-order valence-electron chi connectivity index (χ3n) is 4.03. The van der Waals surface area contributed by atoms with Gasteiger partial charge in [0.2, 0.25) is 11.0 Å². The van der Waals surface area contributed by atoms with E-state index in [1.807, 2.05) is 6.92 Å². The Bertz CT molecular complexity index is 1040. The fourth-order valence-corrected chi connectivity index (χ4v) is 3.87. The van der Waals surface area contributed by atoms with Crippen LogP contribution in [0.3, 0.4) is 0 Å². The summed E-state index contributed by atoms with van der Waals surface area (Å²) in [5.74, 6) is -0.463. The minimum atomic E-state index is -0.565. The molecular weight excluding hydrogens is 429 g/mol. The van der Waals surface area contributed by atoms with Gasteiger partial charge < -0.3 is 9.88 Å². The van der Waals surface area contributed by atoms with Gasteiger partial charge in [-0.3, -0.25) is 14.9 Å². The zero-order chi connectivity index (χ0) is 21.5. The number of anilines is 1. The number of halogens is 1. The van der Waals surface area contributed by atoms with Gasteiger partial charge in [-0.05, 0) is 18.6 Å². The van der Waals surface area contributed by atoms with Gasteiger partial charge in [0.05, 0.1) is 11.3 Å². The Morgan fingerprint density at radius 1 is 1.20 bits per heavy atom. The van der Waals surface area contributed by atoms with E-state index in [0.29, 0.717) is 22.5 Å². The lowest BCUT2D eigenvalue weighted by Crippen LogP contribution is -2.27. The normalized spacial score (nSPS) is 10.8. The second kappa shape index (κ2) is 10.3. The van der Waals surface area contributed by atoms with Crippen LogP contribution in [0.1, 0.15) is 28.1 Å². The van der Waals surface area contributed by atoms with Crippen LogP contribution in [-0.2, 0) is 24.7 Å². The smallest absolute Gasteiger partial charge is 0.254 e. The largest absolute Gasteiger partial charge is 0.351 e. The maximum Gasteiger partial charge on any atom is 0.254 e. The second-order valence-corrected chi connectivity index (χ2v) is 8.14. The highest BCUT2D eigenvalue weighted by Gasteiger charge is 2.14. The van der Waals surface area contributed by atoms with E-state index in [0.717, 1.165) is 11.4 Å². The maximum absolute atomic E-state index is 13.6. The first-order chi connectivity index (χ1) is 14.5. The molecule has 2 amide bonds. The van der Waals surface area contributed by atoms with Crippen LogP contribution in [0.25, 0.3) is 0 Å². The molecule has 0 saturated heterocycles. The number of aromatic nitrogens is 5. The summed E-state index contributed by atoms with van der Waals surface area (Å²) in [6.07, 6.45) is 1.19. The zero-order valence-corrected chi connectivity index (χ0v) is 18.0. The first-order valence-electron chi connectivity index (χ1n) is 9.14. The fourth-order valence-electron chi connectivity index (χ4n) is 2.45. The molecule has 3 rings (SSSR count). The van der Waals surface area contributed by atoms with Gasteiger partial charge in [-0.15, -0.1) is 20.4 Å². The van der Waals surface area contributed by atoms with Crippen molar-refractivity contribution < 1.29 is 14.0 Å². The zero-order valence-electron chi connectivity index (χ0n) is 16.4. The average Bonchev–Trinajstić information content (AvgIpc) is 3.33. The van der Waals surface area contributed by atoms with Crippen molar-refractivity contribution in [3.8, 4) is 0 Å². The van der Waals surface area contributed by atoms with E-state index < -0.39 is 11.7 Å². The minimum absolute atomic E-state index is 0.000731. The summed E-state index contributed by atoms with van der Waals surface area (Å²) in [5, 5.41) is 23.3. The molecule has 158 valence electrons. The third-order valence-corrected chi connectivity index (χ3v) is 6.03. The molecule has 0 aliphatic rings. The van der Waals surface area contributed by atoms with Gasteiger partial charge in [0.1, 0.15) is 16.6 Å². The number of nitrogens with zero attached hydrogens (tertiary/aromatic N) is 5. The number of carbonyl (C=O) groups is 2. The second-order valence-electron chi connectivity index (χ2n) is 6.13. The maximum atomic E-state index is 13.6. The molecule has 30 heavy (non-hydrogen) atoms. The molecule has 0 fully saturated rings. The van der Waals surface area contributed by atoms with E-state index in [1.165, 1.54) is 41.3 Å². The Morgan fingerprint density at radius 3 is 2.73 bits per heavy atom. The summed E-state index contributed by atoms with van der Waals surface area (Å²) in [4.78, 5) is 24.1. The Kier molecular flexibility index (Phi) is 7.46. The van der Waals surface area contributed by atoms with E-state index in [9.17, 15) is 14.0 Å². The van der Waals surface area contributed by atoms with Gasteiger partial charge in [-0.25, -0.2) is 4.39 Å². The van der Waals surface area contributed by atoms with Gasteiger partial charge in [-0.1, -0.05) is 42.2 Å². The summed E-state index contributed by atoms with van der Waals surface area (Å²) >= 11 is 2.59. The molecule has 0 bridgehead atoms. The lowest BCUT2D eigenvalue weighted by Gasteiger charge is -2.06. The van der Waals surface area contributed by atoms with Crippen molar-refractivity contribution >= 4 is 40.0 Å².